The Kier molecular flexibility index (Phi) is 2.55. The third-order valence-corrected chi connectivity index (χ3v) is 5.28. The minimum absolute atomic E-state index is 0.0938. The molecule has 2 fully saturated rings. The molecule has 9 heteroatoms. The Morgan fingerprint density at radius 2 is 2.22 bits per heavy atom. The van der Waals surface area contributed by atoms with E-state index >= 15 is 0 Å². The second kappa shape index (κ2) is 4.12. The highest BCUT2D eigenvalue weighted by molar-refractivity contribution is 6.23. The first-order valence-corrected chi connectivity index (χ1v) is 7.23. The number of aliphatic hydroxyl groups is 1. The van der Waals surface area contributed by atoms with Gasteiger partial charge in [0, 0.05) is 24.2 Å². The molecule has 5 atom stereocenters. The molecule has 0 aromatic rings. The van der Waals surface area contributed by atoms with Crippen LogP contribution in [-0.2, 0) is 14.3 Å². The Balaban J connectivity index is 1.80. The Morgan fingerprint density at radius 3 is 2.87 bits per heavy atom. The lowest BCUT2D eigenvalue weighted by molar-refractivity contribution is -0.126. The van der Waals surface area contributed by atoms with Gasteiger partial charge in [0.15, 0.2) is 5.72 Å². The highest BCUT2D eigenvalue weighted by Crippen LogP contribution is 2.56. The van der Waals surface area contributed by atoms with Crippen LogP contribution in [0.1, 0.15) is 0 Å². The van der Waals surface area contributed by atoms with E-state index in [2.05, 4.69) is 0 Å². The van der Waals surface area contributed by atoms with Crippen molar-refractivity contribution in [2.24, 2.45) is 17.4 Å². The summed E-state index contributed by atoms with van der Waals surface area (Å²) in [4.78, 5) is 39.3. The fraction of sp³-hybridized carbons (Fsp3) is 0.500. The largest absolute Gasteiger partial charge is 0.449 e. The summed E-state index contributed by atoms with van der Waals surface area (Å²) in [5.41, 5.74) is 9.24. The van der Waals surface area contributed by atoms with Crippen LogP contribution < -0.4 is 11.5 Å². The van der Waals surface area contributed by atoms with Gasteiger partial charge < -0.3 is 26.2 Å². The van der Waals surface area contributed by atoms with Gasteiger partial charge in [-0.05, 0) is 7.05 Å². The number of ether oxygens (including phenoxy) is 1. The first-order chi connectivity index (χ1) is 10.8. The number of rotatable bonds is 2. The average Bonchev–Trinajstić information content (AvgIpc) is 2.87. The zero-order valence-electron chi connectivity index (χ0n) is 12.4. The summed E-state index contributed by atoms with van der Waals surface area (Å²) in [5, 5.41) is 11.3. The number of piperazine rings is 1. The molecule has 5 N–H and O–H groups in total. The van der Waals surface area contributed by atoms with Gasteiger partial charge in [-0.25, -0.2) is 4.79 Å². The number of amides is 1. The van der Waals surface area contributed by atoms with E-state index in [-0.39, 0.29) is 35.7 Å². The number of ketones is 2. The van der Waals surface area contributed by atoms with E-state index in [9.17, 15) is 19.5 Å². The number of hydrogen-bond acceptors (Lipinski definition) is 8. The van der Waals surface area contributed by atoms with Crippen LogP contribution in [0.4, 0.5) is 4.79 Å². The summed E-state index contributed by atoms with van der Waals surface area (Å²) in [6.07, 6.45) is 0.0676. The van der Waals surface area contributed by atoms with Gasteiger partial charge in [-0.15, -0.1) is 0 Å². The first kappa shape index (κ1) is 14.2. The highest BCUT2D eigenvalue weighted by Gasteiger charge is 2.74. The number of fused-ring (bicyclic) bond motifs is 4. The van der Waals surface area contributed by atoms with Crippen molar-refractivity contribution in [2.45, 2.75) is 17.8 Å². The lowest BCUT2D eigenvalue weighted by atomic mass is 9.84. The maximum absolute atomic E-state index is 12.5. The number of nitrogens with zero attached hydrogens (tertiary/aromatic N) is 2. The molecule has 0 bridgehead atoms. The van der Waals surface area contributed by atoms with E-state index in [0.717, 1.165) is 6.08 Å². The second-order valence-corrected chi connectivity index (χ2v) is 6.31. The Hall–Kier alpha value is -2.39. The number of carbonyl (C=O) groups excluding carboxylic acids is 3. The van der Waals surface area contributed by atoms with E-state index < -0.39 is 29.3 Å². The van der Waals surface area contributed by atoms with Crippen molar-refractivity contribution in [1.82, 2.24) is 9.80 Å². The molecule has 0 saturated carbocycles. The van der Waals surface area contributed by atoms with E-state index in [1.54, 1.807) is 4.90 Å². The molecule has 0 spiro atoms. The van der Waals surface area contributed by atoms with Crippen LogP contribution in [0, 0.1) is 5.92 Å². The Bertz CT molecular complexity index is 729. The molecule has 9 nitrogen and oxygen atoms in total. The molecule has 4 rings (SSSR count). The summed E-state index contributed by atoms with van der Waals surface area (Å²) in [6, 6.07) is -0.146. The van der Waals surface area contributed by atoms with Gasteiger partial charge >= 0.3 is 6.09 Å². The Labute approximate surface area is 131 Å². The van der Waals surface area contributed by atoms with Crippen molar-refractivity contribution in [1.29, 1.82) is 0 Å². The van der Waals surface area contributed by atoms with E-state index in [1.807, 2.05) is 11.9 Å². The molecule has 0 aromatic heterocycles. The van der Waals surface area contributed by atoms with Gasteiger partial charge in [0.25, 0.3) is 0 Å². The monoisotopic (exact) mass is 320 g/mol. The molecule has 122 valence electrons. The zero-order chi connectivity index (χ0) is 16.7. The predicted molar refractivity (Wildman–Crippen MR) is 75.3 cm³/mol. The summed E-state index contributed by atoms with van der Waals surface area (Å²) in [6.45, 7) is 0.140. The van der Waals surface area contributed by atoms with Crippen LogP contribution in [0.3, 0.4) is 0 Å². The van der Waals surface area contributed by atoms with Gasteiger partial charge in [-0.3, -0.25) is 14.5 Å². The van der Waals surface area contributed by atoms with E-state index in [0.29, 0.717) is 6.54 Å². The van der Waals surface area contributed by atoms with Crippen LogP contribution in [0.5, 0.6) is 0 Å². The summed E-state index contributed by atoms with van der Waals surface area (Å²) >= 11 is 0. The average molecular weight is 320 g/mol. The SMILES string of the molecule is CN1C2CN3C4=C(C(=O)C(N)=CC4=O)C(COC(N)=O)[C@@]3(O)C21. The van der Waals surface area contributed by atoms with E-state index in [4.69, 9.17) is 16.2 Å². The molecule has 4 unspecified atom stereocenters. The summed E-state index contributed by atoms with van der Waals surface area (Å²) in [5.74, 6) is -1.80. The molecular formula is C14H16N4O5. The number of hydrogen-bond donors (Lipinski definition) is 3. The van der Waals surface area contributed by atoms with Crippen molar-refractivity contribution < 1.29 is 24.2 Å². The van der Waals surface area contributed by atoms with Crippen LogP contribution in [-0.4, -0.2) is 70.6 Å². The standard InChI is InChI=1S/C14H16N4O5/c1-17-7-3-18-10-8(19)2-6(15)11(20)9(10)5(4-23-13(16)21)14(18,22)12(7)17/h2,5,7,12,22H,3-4,15H2,1H3,(H2,16,21)/t5?,7?,12?,14-,17?/m1/s1. The fourth-order valence-corrected chi connectivity index (χ4v) is 4.23. The number of Topliss-reactive ketones (excluding diaryl/α,β-unsaturated/α-hetero) is 1. The minimum atomic E-state index is -1.48. The number of primary amides is 1. The zero-order valence-corrected chi connectivity index (χ0v) is 12.4. The molecule has 2 saturated heterocycles. The summed E-state index contributed by atoms with van der Waals surface area (Å²) < 4.78 is 4.84. The van der Waals surface area contributed by atoms with Gasteiger partial charge in [0.05, 0.1) is 23.4 Å². The van der Waals surface area contributed by atoms with Crippen molar-refractivity contribution >= 4 is 17.7 Å². The molecule has 3 heterocycles. The van der Waals surface area contributed by atoms with Crippen LogP contribution in [0.2, 0.25) is 0 Å². The predicted octanol–water partition coefficient (Wildman–Crippen LogP) is -2.35. The lowest BCUT2D eigenvalue weighted by Gasteiger charge is -2.37. The first-order valence-electron chi connectivity index (χ1n) is 7.23. The van der Waals surface area contributed by atoms with E-state index in [1.165, 1.54) is 0 Å². The van der Waals surface area contributed by atoms with Crippen LogP contribution in [0.15, 0.2) is 23.0 Å². The molecule has 4 aliphatic rings. The molecule has 1 amide bonds. The van der Waals surface area contributed by atoms with Gasteiger partial charge in [-0.1, -0.05) is 0 Å². The minimum Gasteiger partial charge on any atom is -0.449 e. The Morgan fingerprint density at radius 1 is 1.52 bits per heavy atom. The third kappa shape index (κ3) is 1.55. The smallest absolute Gasteiger partial charge is 0.404 e. The topological polar surface area (TPSA) is 139 Å². The molecular weight excluding hydrogens is 304 g/mol. The lowest BCUT2D eigenvalue weighted by Crippen LogP contribution is -2.53. The van der Waals surface area contributed by atoms with Crippen molar-refractivity contribution in [3.05, 3.63) is 23.0 Å². The van der Waals surface area contributed by atoms with Crippen molar-refractivity contribution in [3.63, 3.8) is 0 Å². The third-order valence-electron chi connectivity index (χ3n) is 5.28. The van der Waals surface area contributed by atoms with Gasteiger partial charge in [0.2, 0.25) is 11.6 Å². The molecule has 3 aliphatic heterocycles. The van der Waals surface area contributed by atoms with Gasteiger partial charge in [-0.2, -0.15) is 0 Å². The normalized spacial score (nSPS) is 40.6. The maximum atomic E-state index is 12.5. The number of nitrogens with two attached hydrogens (primary N) is 2. The summed E-state index contributed by atoms with van der Waals surface area (Å²) in [7, 11) is 1.85. The van der Waals surface area contributed by atoms with Crippen molar-refractivity contribution in [2.75, 3.05) is 20.2 Å². The quantitative estimate of drug-likeness (QED) is 0.379. The molecule has 1 aliphatic carbocycles. The maximum Gasteiger partial charge on any atom is 0.404 e. The van der Waals surface area contributed by atoms with Gasteiger partial charge in [0.1, 0.15) is 6.61 Å². The number of likely N-dealkylation sites (N-methyl/N-ethyl adjacent to an activating group) is 1. The van der Waals surface area contributed by atoms with Crippen LogP contribution >= 0.6 is 0 Å². The molecule has 0 aromatic carbocycles. The van der Waals surface area contributed by atoms with Crippen molar-refractivity contribution in [3.8, 4) is 0 Å². The second-order valence-electron chi connectivity index (χ2n) is 6.31. The number of carbonyl (C=O) groups is 3. The molecule has 0 radical (unpaired) electrons. The fourth-order valence-electron chi connectivity index (χ4n) is 4.23. The number of allylic oxidation sites excluding steroid dienone is 2. The van der Waals surface area contributed by atoms with Crippen LogP contribution in [0.25, 0.3) is 0 Å². The highest BCUT2D eigenvalue weighted by atomic mass is 16.5. The molecule has 23 heavy (non-hydrogen) atoms.